The van der Waals surface area contributed by atoms with Gasteiger partial charge in [-0.25, -0.2) is 4.79 Å². The summed E-state index contributed by atoms with van der Waals surface area (Å²) < 4.78 is 20.7. The van der Waals surface area contributed by atoms with E-state index in [4.69, 9.17) is 24.5 Å². The number of hydrogen-bond acceptors (Lipinski definition) is 8. The van der Waals surface area contributed by atoms with E-state index in [0.717, 1.165) is 13.8 Å². The van der Waals surface area contributed by atoms with Crippen molar-refractivity contribution in [3.8, 4) is 0 Å². The Morgan fingerprint density at radius 2 is 1.81 bits per heavy atom. The van der Waals surface area contributed by atoms with E-state index in [2.05, 4.69) is 10.0 Å². The van der Waals surface area contributed by atoms with Crippen LogP contribution in [0.1, 0.15) is 24.2 Å². The summed E-state index contributed by atoms with van der Waals surface area (Å²) in [5.41, 5.74) is 9.10. The first-order valence-corrected chi connectivity index (χ1v) is 7.68. The Labute approximate surface area is 148 Å². The van der Waals surface area contributed by atoms with Crippen LogP contribution in [0.25, 0.3) is 10.4 Å². The van der Waals surface area contributed by atoms with Gasteiger partial charge >= 0.3 is 17.9 Å². The standard InChI is InChI=1S/C16H17N3O7/c1-9(20)24-14-13(18-19-17)12(26-16(14)25-10(2)21)8-23-15(22)11-6-4-3-5-7-11/h3-7,12-14,16H,8H2,1-2H3/t12-,13-,14-,16?/m1/s1. The van der Waals surface area contributed by atoms with E-state index in [1.165, 1.54) is 0 Å². The van der Waals surface area contributed by atoms with Crippen molar-refractivity contribution in [3.05, 3.63) is 46.3 Å². The Kier molecular flexibility index (Phi) is 6.54. The van der Waals surface area contributed by atoms with Crippen molar-refractivity contribution in [3.63, 3.8) is 0 Å². The van der Waals surface area contributed by atoms with Crippen LogP contribution in [0.3, 0.4) is 0 Å². The number of azide groups is 1. The molecule has 10 heteroatoms. The van der Waals surface area contributed by atoms with Gasteiger partial charge in [0.2, 0.25) is 6.29 Å². The Balaban J connectivity index is 2.12. The lowest BCUT2D eigenvalue weighted by atomic mass is 10.1. The molecule has 0 aliphatic carbocycles. The lowest BCUT2D eigenvalue weighted by Gasteiger charge is -2.19. The molecule has 4 atom stereocenters. The molecule has 2 rings (SSSR count). The second-order valence-electron chi connectivity index (χ2n) is 5.39. The molecule has 0 bridgehead atoms. The summed E-state index contributed by atoms with van der Waals surface area (Å²) in [5, 5.41) is 3.54. The highest BCUT2D eigenvalue weighted by molar-refractivity contribution is 5.89. The van der Waals surface area contributed by atoms with Crippen LogP contribution >= 0.6 is 0 Å². The minimum absolute atomic E-state index is 0.285. The van der Waals surface area contributed by atoms with Crippen LogP contribution in [-0.4, -0.2) is 49.1 Å². The van der Waals surface area contributed by atoms with E-state index >= 15 is 0 Å². The zero-order valence-corrected chi connectivity index (χ0v) is 14.1. The highest BCUT2D eigenvalue weighted by Crippen LogP contribution is 2.28. The maximum absolute atomic E-state index is 12.0. The Morgan fingerprint density at radius 3 is 2.38 bits per heavy atom. The molecule has 10 nitrogen and oxygen atoms in total. The second-order valence-corrected chi connectivity index (χ2v) is 5.39. The summed E-state index contributed by atoms with van der Waals surface area (Å²) in [4.78, 5) is 37.3. The Morgan fingerprint density at radius 1 is 1.15 bits per heavy atom. The average molecular weight is 363 g/mol. The molecule has 0 radical (unpaired) electrons. The number of ether oxygens (including phenoxy) is 4. The molecule has 1 saturated heterocycles. The van der Waals surface area contributed by atoms with Gasteiger partial charge in [0.25, 0.3) is 0 Å². The quantitative estimate of drug-likeness (QED) is 0.247. The molecule has 0 amide bonds. The summed E-state index contributed by atoms with van der Waals surface area (Å²) >= 11 is 0. The number of nitrogens with zero attached hydrogens (tertiary/aromatic N) is 3. The highest BCUT2D eigenvalue weighted by atomic mass is 16.7. The highest BCUT2D eigenvalue weighted by Gasteiger charge is 2.49. The lowest BCUT2D eigenvalue weighted by molar-refractivity contribution is -0.195. The van der Waals surface area contributed by atoms with Crippen molar-refractivity contribution < 1.29 is 33.3 Å². The number of esters is 3. The lowest BCUT2D eigenvalue weighted by Crippen LogP contribution is -2.38. The normalized spacial score (nSPS) is 24.2. The molecule has 1 aromatic carbocycles. The van der Waals surface area contributed by atoms with Gasteiger partial charge in [-0.3, -0.25) is 9.59 Å². The van der Waals surface area contributed by atoms with Crippen LogP contribution in [0, 0.1) is 0 Å². The first-order valence-electron chi connectivity index (χ1n) is 7.68. The molecule has 138 valence electrons. The van der Waals surface area contributed by atoms with Gasteiger partial charge in [0, 0.05) is 18.8 Å². The maximum Gasteiger partial charge on any atom is 0.338 e. The first kappa shape index (κ1) is 19.2. The smallest absolute Gasteiger partial charge is 0.338 e. The van der Waals surface area contributed by atoms with Crippen LogP contribution in [-0.2, 0) is 28.5 Å². The molecular formula is C16H17N3O7. The molecule has 26 heavy (non-hydrogen) atoms. The summed E-state index contributed by atoms with van der Waals surface area (Å²) in [6, 6.07) is 7.23. The van der Waals surface area contributed by atoms with E-state index < -0.39 is 42.4 Å². The number of benzene rings is 1. The third-order valence-corrected chi connectivity index (χ3v) is 3.45. The summed E-state index contributed by atoms with van der Waals surface area (Å²) in [6.45, 7) is 2.02. The maximum atomic E-state index is 12.0. The van der Waals surface area contributed by atoms with Crippen molar-refractivity contribution in [1.82, 2.24) is 0 Å². The molecule has 0 aromatic heterocycles. The van der Waals surface area contributed by atoms with Crippen LogP contribution in [0.15, 0.2) is 35.4 Å². The minimum atomic E-state index is -1.27. The molecule has 1 heterocycles. The second kappa shape index (κ2) is 8.84. The van der Waals surface area contributed by atoms with Crippen LogP contribution in [0.4, 0.5) is 0 Å². The fraction of sp³-hybridized carbons (Fsp3) is 0.438. The zero-order chi connectivity index (χ0) is 19.1. The van der Waals surface area contributed by atoms with Crippen molar-refractivity contribution in [2.45, 2.75) is 38.4 Å². The third-order valence-electron chi connectivity index (χ3n) is 3.45. The van der Waals surface area contributed by atoms with Crippen LogP contribution < -0.4 is 0 Å². The molecule has 0 N–H and O–H groups in total. The predicted octanol–water partition coefficient (Wildman–Crippen LogP) is 1.74. The SMILES string of the molecule is CC(=O)OC1O[C@H](COC(=O)c2ccccc2)[C@@H](N=[N+]=[N-])[C@H]1OC(C)=O. The average Bonchev–Trinajstić information content (AvgIpc) is 2.89. The van der Waals surface area contributed by atoms with Crippen LogP contribution in [0.5, 0.6) is 0 Å². The molecule has 1 aliphatic heterocycles. The van der Waals surface area contributed by atoms with Gasteiger partial charge in [-0.1, -0.05) is 23.3 Å². The van der Waals surface area contributed by atoms with Gasteiger partial charge < -0.3 is 18.9 Å². The van der Waals surface area contributed by atoms with Crippen LogP contribution in [0.2, 0.25) is 0 Å². The predicted molar refractivity (Wildman–Crippen MR) is 85.6 cm³/mol. The van der Waals surface area contributed by atoms with Gasteiger partial charge in [0.05, 0.1) is 5.56 Å². The fourth-order valence-corrected chi connectivity index (χ4v) is 2.43. The molecule has 1 fully saturated rings. The van der Waals surface area contributed by atoms with E-state index in [1.54, 1.807) is 30.3 Å². The van der Waals surface area contributed by atoms with Crippen molar-refractivity contribution >= 4 is 17.9 Å². The first-order chi connectivity index (χ1) is 12.4. The summed E-state index contributed by atoms with van der Waals surface area (Å²) in [7, 11) is 0. The third kappa shape index (κ3) is 4.95. The van der Waals surface area contributed by atoms with E-state index in [1.807, 2.05) is 0 Å². The Bertz CT molecular complexity index is 718. The number of rotatable bonds is 6. The zero-order valence-electron chi connectivity index (χ0n) is 14.1. The molecular weight excluding hydrogens is 346 g/mol. The van der Waals surface area contributed by atoms with E-state index in [9.17, 15) is 14.4 Å². The van der Waals surface area contributed by atoms with E-state index in [0.29, 0.717) is 5.56 Å². The van der Waals surface area contributed by atoms with Gasteiger partial charge in [-0.15, -0.1) is 0 Å². The molecule has 0 spiro atoms. The Hall–Kier alpha value is -3.10. The van der Waals surface area contributed by atoms with E-state index in [-0.39, 0.29) is 6.61 Å². The molecule has 1 unspecified atom stereocenters. The summed E-state index contributed by atoms with van der Waals surface area (Å²) in [6.07, 6.45) is -3.37. The fourth-order valence-electron chi connectivity index (χ4n) is 2.43. The molecule has 1 aromatic rings. The molecule has 0 saturated carbocycles. The summed E-state index contributed by atoms with van der Waals surface area (Å²) in [5.74, 6) is -1.95. The van der Waals surface area contributed by atoms with Crippen molar-refractivity contribution in [2.75, 3.05) is 6.61 Å². The molecule has 1 aliphatic rings. The monoisotopic (exact) mass is 363 g/mol. The number of carbonyl (C=O) groups is 3. The largest absolute Gasteiger partial charge is 0.459 e. The minimum Gasteiger partial charge on any atom is -0.459 e. The number of hydrogen-bond donors (Lipinski definition) is 0. The topological polar surface area (TPSA) is 137 Å². The van der Waals surface area contributed by atoms with Gasteiger partial charge in [-0.05, 0) is 17.7 Å². The van der Waals surface area contributed by atoms with Gasteiger partial charge in [0.15, 0.2) is 6.10 Å². The van der Waals surface area contributed by atoms with Gasteiger partial charge in [0.1, 0.15) is 18.8 Å². The van der Waals surface area contributed by atoms with Crippen molar-refractivity contribution in [2.24, 2.45) is 5.11 Å². The van der Waals surface area contributed by atoms with Gasteiger partial charge in [-0.2, -0.15) is 0 Å². The number of carbonyl (C=O) groups excluding carboxylic acids is 3. The van der Waals surface area contributed by atoms with Crippen molar-refractivity contribution in [1.29, 1.82) is 0 Å².